The zero-order valence-corrected chi connectivity index (χ0v) is 17.1. The number of aromatic carboxylic acids is 1. The van der Waals surface area contributed by atoms with Crippen molar-refractivity contribution in [3.05, 3.63) is 69.7 Å². The molecule has 0 unspecified atom stereocenters. The Labute approximate surface area is 182 Å². The standard InChI is InChI=1S/C18H12F4N6O3.H2S/c1-8(9-2-4-11(5-3-9)18(20,21)22)28-13-12(14(19)26-28)24-17(25-15(13)29)27-7-10(6-23-27)16(30)31;/h2-8H,1H3,(H,30,31)(H,24,25,29);1H2/t8-;/m0./s1. The van der Waals surface area contributed by atoms with Crippen LogP contribution < -0.4 is 5.56 Å². The second-order valence-corrected chi connectivity index (χ2v) is 6.60. The molecule has 14 heteroatoms. The van der Waals surface area contributed by atoms with Gasteiger partial charge in [-0.3, -0.25) is 9.78 Å². The van der Waals surface area contributed by atoms with E-state index in [0.29, 0.717) is 5.56 Å². The molecule has 2 N–H and O–H groups in total. The highest BCUT2D eigenvalue weighted by Gasteiger charge is 2.30. The third-order valence-corrected chi connectivity index (χ3v) is 4.64. The quantitative estimate of drug-likeness (QED) is 0.443. The number of carboxylic acids is 1. The lowest BCUT2D eigenvalue weighted by Crippen LogP contribution is -2.19. The summed E-state index contributed by atoms with van der Waals surface area (Å²) < 4.78 is 54.8. The molecule has 0 bridgehead atoms. The minimum Gasteiger partial charge on any atom is -0.478 e. The van der Waals surface area contributed by atoms with Gasteiger partial charge in [0.05, 0.1) is 23.4 Å². The molecular weight excluding hydrogens is 456 g/mol. The Bertz CT molecular complexity index is 1360. The highest BCUT2D eigenvalue weighted by molar-refractivity contribution is 7.59. The van der Waals surface area contributed by atoms with Crippen molar-refractivity contribution in [3.8, 4) is 5.95 Å². The number of nitrogens with one attached hydrogen (secondary N) is 1. The van der Waals surface area contributed by atoms with E-state index in [0.717, 1.165) is 33.9 Å². The summed E-state index contributed by atoms with van der Waals surface area (Å²) in [6.45, 7) is 1.54. The fourth-order valence-corrected chi connectivity index (χ4v) is 3.03. The van der Waals surface area contributed by atoms with Crippen molar-refractivity contribution in [2.75, 3.05) is 0 Å². The van der Waals surface area contributed by atoms with Crippen molar-refractivity contribution in [3.63, 3.8) is 0 Å². The summed E-state index contributed by atoms with van der Waals surface area (Å²) in [6, 6.07) is 3.41. The highest BCUT2D eigenvalue weighted by atomic mass is 32.1. The average molecular weight is 470 g/mol. The zero-order valence-electron chi connectivity index (χ0n) is 16.1. The number of fused-ring (bicyclic) bond motifs is 1. The van der Waals surface area contributed by atoms with Crippen molar-refractivity contribution >= 4 is 30.5 Å². The Hall–Kier alpha value is -3.68. The summed E-state index contributed by atoms with van der Waals surface area (Å²) in [4.78, 5) is 30.0. The molecule has 3 aromatic heterocycles. The number of aromatic amines is 1. The smallest absolute Gasteiger partial charge is 0.416 e. The lowest BCUT2D eigenvalue weighted by molar-refractivity contribution is -0.137. The molecule has 0 aliphatic heterocycles. The van der Waals surface area contributed by atoms with Gasteiger partial charge in [0.2, 0.25) is 5.95 Å². The van der Waals surface area contributed by atoms with Crippen molar-refractivity contribution in [2.45, 2.75) is 19.1 Å². The molecule has 0 aliphatic rings. The first-order valence-electron chi connectivity index (χ1n) is 8.70. The van der Waals surface area contributed by atoms with Crippen molar-refractivity contribution in [1.82, 2.24) is 29.5 Å². The van der Waals surface area contributed by atoms with Crippen LogP contribution in [0.2, 0.25) is 0 Å². The van der Waals surface area contributed by atoms with Gasteiger partial charge in [0.1, 0.15) is 0 Å². The Morgan fingerprint density at radius 3 is 2.44 bits per heavy atom. The van der Waals surface area contributed by atoms with E-state index >= 15 is 0 Å². The van der Waals surface area contributed by atoms with Crippen LogP contribution in [0.15, 0.2) is 41.5 Å². The van der Waals surface area contributed by atoms with E-state index in [9.17, 15) is 27.2 Å². The summed E-state index contributed by atoms with van der Waals surface area (Å²) in [5, 5.41) is 16.4. The number of alkyl halides is 3. The molecule has 1 aromatic carbocycles. The van der Waals surface area contributed by atoms with Gasteiger partial charge in [-0.2, -0.15) is 36.2 Å². The third-order valence-electron chi connectivity index (χ3n) is 4.64. The van der Waals surface area contributed by atoms with E-state index in [-0.39, 0.29) is 30.5 Å². The van der Waals surface area contributed by atoms with E-state index < -0.39 is 40.8 Å². The maximum atomic E-state index is 14.5. The van der Waals surface area contributed by atoms with Gasteiger partial charge in [0, 0.05) is 6.20 Å². The predicted octanol–water partition coefficient (Wildman–Crippen LogP) is 2.88. The molecule has 0 fully saturated rings. The van der Waals surface area contributed by atoms with Crippen LogP contribution in [-0.2, 0) is 6.18 Å². The number of rotatable bonds is 4. The van der Waals surface area contributed by atoms with Crippen LogP contribution in [0.1, 0.15) is 34.5 Å². The number of halogens is 4. The van der Waals surface area contributed by atoms with Gasteiger partial charge in [0.15, 0.2) is 11.0 Å². The molecule has 0 aliphatic carbocycles. The van der Waals surface area contributed by atoms with Crippen molar-refractivity contribution < 1.29 is 27.5 Å². The molecule has 4 aromatic rings. The topological polar surface area (TPSA) is 119 Å². The molecule has 1 atom stereocenters. The van der Waals surface area contributed by atoms with Crippen LogP contribution in [-0.4, -0.2) is 40.6 Å². The number of nitrogens with zero attached hydrogens (tertiary/aromatic N) is 5. The predicted molar refractivity (Wildman–Crippen MR) is 108 cm³/mol. The van der Waals surface area contributed by atoms with Crippen LogP contribution in [0, 0.1) is 5.95 Å². The summed E-state index contributed by atoms with van der Waals surface area (Å²) in [5.41, 5.74) is -2.08. The van der Waals surface area contributed by atoms with E-state index in [1.54, 1.807) is 0 Å². The van der Waals surface area contributed by atoms with Gasteiger partial charge in [-0.25, -0.2) is 19.1 Å². The lowest BCUT2D eigenvalue weighted by Gasteiger charge is -2.14. The Balaban J connectivity index is 0.00000289. The second kappa shape index (κ2) is 8.11. The number of hydrogen-bond donors (Lipinski definition) is 2. The fourth-order valence-electron chi connectivity index (χ4n) is 3.03. The van der Waals surface area contributed by atoms with Gasteiger partial charge in [-0.1, -0.05) is 12.1 Å². The Kier molecular flexibility index (Phi) is 5.82. The number of aromatic nitrogens is 6. The van der Waals surface area contributed by atoms with Gasteiger partial charge in [-0.05, 0) is 24.6 Å². The Morgan fingerprint density at radius 2 is 1.88 bits per heavy atom. The lowest BCUT2D eigenvalue weighted by atomic mass is 10.1. The zero-order chi connectivity index (χ0) is 22.5. The van der Waals surface area contributed by atoms with Crippen LogP contribution in [0.4, 0.5) is 17.6 Å². The average Bonchev–Trinajstić information content (AvgIpc) is 3.33. The Morgan fingerprint density at radius 1 is 1.22 bits per heavy atom. The largest absolute Gasteiger partial charge is 0.478 e. The monoisotopic (exact) mass is 470 g/mol. The molecule has 3 heterocycles. The van der Waals surface area contributed by atoms with Gasteiger partial charge >= 0.3 is 12.1 Å². The number of carboxylic acid groups (broad SMARTS) is 1. The highest BCUT2D eigenvalue weighted by Crippen LogP contribution is 2.31. The molecule has 0 saturated heterocycles. The second-order valence-electron chi connectivity index (χ2n) is 6.60. The van der Waals surface area contributed by atoms with E-state index in [1.807, 2.05) is 0 Å². The van der Waals surface area contributed by atoms with E-state index in [2.05, 4.69) is 20.2 Å². The maximum absolute atomic E-state index is 14.5. The third kappa shape index (κ3) is 3.95. The van der Waals surface area contributed by atoms with Crippen molar-refractivity contribution in [1.29, 1.82) is 0 Å². The summed E-state index contributed by atoms with van der Waals surface area (Å²) in [6.07, 6.45) is -2.39. The van der Waals surface area contributed by atoms with Crippen LogP contribution in [0.3, 0.4) is 0 Å². The number of carbonyl (C=O) groups is 1. The molecule has 0 radical (unpaired) electrons. The molecule has 168 valence electrons. The summed E-state index contributed by atoms with van der Waals surface area (Å²) in [7, 11) is 0. The minimum absolute atomic E-state index is 0. The molecular formula is C18H14F4N6O3S. The van der Waals surface area contributed by atoms with Crippen molar-refractivity contribution in [2.24, 2.45) is 0 Å². The first-order valence-corrected chi connectivity index (χ1v) is 8.70. The fraction of sp³-hybridized carbons (Fsp3) is 0.167. The summed E-state index contributed by atoms with van der Waals surface area (Å²) in [5.74, 6) is -2.56. The number of H-pyrrole nitrogens is 1. The molecule has 9 nitrogen and oxygen atoms in total. The normalized spacial score (nSPS) is 12.5. The van der Waals surface area contributed by atoms with Crippen LogP contribution in [0.5, 0.6) is 0 Å². The maximum Gasteiger partial charge on any atom is 0.416 e. The summed E-state index contributed by atoms with van der Waals surface area (Å²) >= 11 is 0. The molecule has 32 heavy (non-hydrogen) atoms. The van der Waals surface area contributed by atoms with Gasteiger partial charge in [-0.15, -0.1) is 5.10 Å². The molecule has 4 rings (SSSR count). The number of hydrogen-bond acceptors (Lipinski definition) is 5. The SMILES string of the molecule is C[C@@H](c1ccc(C(F)(F)F)cc1)n1nc(F)c2nc(-n3cc(C(=O)O)cn3)[nH]c(=O)c21.S. The number of benzene rings is 1. The van der Waals surface area contributed by atoms with E-state index in [4.69, 9.17) is 5.11 Å². The van der Waals surface area contributed by atoms with Crippen LogP contribution in [0.25, 0.3) is 17.0 Å². The van der Waals surface area contributed by atoms with Gasteiger partial charge < -0.3 is 5.11 Å². The van der Waals surface area contributed by atoms with Gasteiger partial charge in [0.25, 0.3) is 11.5 Å². The molecule has 0 spiro atoms. The molecule has 0 saturated carbocycles. The van der Waals surface area contributed by atoms with E-state index in [1.165, 1.54) is 19.1 Å². The van der Waals surface area contributed by atoms with Crippen LogP contribution >= 0.6 is 13.5 Å². The first kappa shape index (κ1) is 23.0. The molecule has 0 amide bonds. The first-order chi connectivity index (χ1) is 14.6. The minimum atomic E-state index is -4.50.